The fourth-order valence-electron chi connectivity index (χ4n) is 0.884. The molecule has 0 aliphatic rings. The van der Waals surface area contributed by atoms with Gasteiger partial charge in [-0.3, -0.25) is 0 Å². The summed E-state index contributed by atoms with van der Waals surface area (Å²) in [4.78, 5) is 0. The zero-order valence-electron chi connectivity index (χ0n) is 8.21. The predicted molar refractivity (Wildman–Crippen MR) is 56.0 cm³/mol. The Hall–Kier alpha value is 0.00623. The molecule has 0 fully saturated rings. The fraction of sp³-hybridized carbons (Fsp3) is 0.273. The van der Waals surface area contributed by atoms with Gasteiger partial charge >= 0.3 is 23.1 Å². The van der Waals surface area contributed by atoms with Gasteiger partial charge in [-0.1, -0.05) is 6.08 Å². The molecule has 0 N–H and O–H groups in total. The maximum Gasteiger partial charge on any atom is 2.00 e. The summed E-state index contributed by atoms with van der Waals surface area (Å²) in [7, 11) is 0. The summed E-state index contributed by atoms with van der Waals surface area (Å²) in [6.07, 6.45) is 3.94. The van der Waals surface area contributed by atoms with Gasteiger partial charge in [0.05, 0.1) is 6.61 Å². The third kappa shape index (κ3) is 7.41. The van der Waals surface area contributed by atoms with E-state index in [1.165, 1.54) is 0 Å². The van der Waals surface area contributed by atoms with Crippen molar-refractivity contribution in [3.8, 4) is 5.75 Å². The van der Waals surface area contributed by atoms with Crippen LogP contribution < -0.4 is 21.7 Å². The molecule has 0 aliphatic carbocycles. The van der Waals surface area contributed by atoms with E-state index >= 15 is 0 Å². The molecule has 0 saturated carbocycles. The summed E-state index contributed by atoms with van der Waals surface area (Å²) in [6, 6.07) is 10.5. The van der Waals surface area contributed by atoms with E-state index in [0.29, 0.717) is 0 Å². The molecular weight excluding hydrogens is 252 g/mol. The van der Waals surface area contributed by atoms with Crippen LogP contribution in [-0.2, 0) is 0 Å². The van der Waals surface area contributed by atoms with Crippen LogP contribution in [0.15, 0.2) is 36.9 Å². The monoisotopic (exact) mass is 264 g/mol. The topological polar surface area (TPSA) is 9.23 Å². The second-order valence-electron chi connectivity index (χ2n) is 2.52. The molecule has 0 amide bonds. The van der Waals surface area contributed by atoms with Crippen molar-refractivity contribution >= 4 is 23.1 Å². The van der Waals surface area contributed by atoms with Gasteiger partial charge in [-0.25, -0.2) is 0 Å². The predicted octanol–water partition coefficient (Wildman–Crippen LogP) is -0.545. The Bertz CT molecular complexity index is 226. The Labute approximate surface area is 112 Å². The van der Waals surface area contributed by atoms with Crippen molar-refractivity contribution in [3.05, 3.63) is 43.0 Å². The standard InChI is InChI=1S/C11H13O.BrH.Mg/c1-2-3-7-10-12-11-8-5-4-6-9-11;;/h2,4-5,8-9H,1,3,7,10H2;1H;/q-1;;+2/p-1. The van der Waals surface area contributed by atoms with E-state index < -0.39 is 0 Å². The molecule has 0 unspecified atom stereocenters. The molecule has 0 bridgehead atoms. The zero-order valence-corrected chi connectivity index (χ0v) is 11.2. The first-order valence-corrected chi connectivity index (χ1v) is 4.13. The summed E-state index contributed by atoms with van der Waals surface area (Å²) in [5, 5.41) is 0. The number of allylic oxidation sites excluding steroid dienone is 1. The van der Waals surface area contributed by atoms with Crippen LogP contribution >= 0.6 is 0 Å². The van der Waals surface area contributed by atoms with Gasteiger partial charge in [-0.2, -0.15) is 18.2 Å². The van der Waals surface area contributed by atoms with Crippen LogP contribution in [-0.4, -0.2) is 29.7 Å². The molecule has 3 heteroatoms. The normalized spacial score (nSPS) is 8.00. The molecule has 0 aromatic heterocycles. The summed E-state index contributed by atoms with van der Waals surface area (Å²) in [6.45, 7) is 4.40. The molecule has 72 valence electrons. The van der Waals surface area contributed by atoms with Gasteiger partial charge in [-0.15, -0.1) is 18.7 Å². The van der Waals surface area contributed by atoms with Crippen molar-refractivity contribution in [1.82, 2.24) is 0 Å². The number of rotatable bonds is 5. The average Bonchev–Trinajstić information content (AvgIpc) is 2.14. The Balaban J connectivity index is 0. The van der Waals surface area contributed by atoms with Crippen LogP contribution in [0.25, 0.3) is 0 Å². The van der Waals surface area contributed by atoms with Crippen molar-refractivity contribution in [2.24, 2.45) is 0 Å². The molecule has 0 saturated heterocycles. The molecule has 1 aromatic carbocycles. The maximum absolute atomic E-state index is 5.43. The van der Waals surface area contributed by atoms with E-state index in [0.717, 1.165) is 25.2 Å². The molecule has 0 aliphatic heterocycles. The molecule has 0 spiro atoms. The first kappa shape index (κ1) is 16.4. The minimum Gasteiger partial charge on any atom is -1.00 e. The zero-order chi connectivity index (χ0) is 8.65. The number of unbranched alkanes of at least 4 members (excludes halogenated alkanes) is 1. The van der Waals surface area contributed by atoms with E-state index in [1.54, 1.807) is 0 Å². The first-order valence-electron chi connectivity index (χ1n) is 4.13. The SMILES string of the molecule is C=CCCCOc1c[c-]ccc1.[Br-].[Mg+2]. The third-order valence-electron chi connectivity index (χ3n) is 1.50. The molecular formula is C11H13BrMgO. The van der Waals surface area contributed by atoms with Crippen LogP contribution in [0, 0.1) is 6.07 Å². The Morgan fingerprint density at radius 2 is 2.29 bits per heavy atom. The summed E-state index contributed by atoms with van der Waals surface area (Å²) < 4.78 is 5.43. The quantitative estimate of drug-likeness (QED) is 0.301. The third-order valence-corrected chi connectivity index (χ3v) is 1.50. The van der Waals surface area contributed by atoms with Crippen LogP contribution in [0.4, 0.5) is 0 Å². The van der Waals surface area contributed by atoms with Gasteiger partial charge in [0.15, 0.2) is 0 Å². The number of hydrogen-bond acceptors (Lipinski definition) is 1. The molecule has 0 atom stereocenters. The van der Waals surface area contributed by atoms with Crippen LogP contribution in [0.1, 0.15) is 12.8 Å². The molecule has 1 aromatic rings. The first-order chi connectivity index (χ1) is 5.93. The number of hydrogen-bond donors (Lipinski definition) is 0. The van der Waals surface area contributed by atoms with Crippen LogP contribution in [0.3, 0.4) is 0 Å². The van der Waals surface area contributed by atoms with E-state index in [2.05, 4.69) is 12.6 Å². The second-order valence-corrected chi connectivity index (χ2v) is 2.52. The largest absolute Gasteiger partial charge is 2.00 e. The van der Waals surface area contributed by atoms with Gasteiger partial charge < -0.3 is 21.7 Å². The number of halogens is 1. The van der Waals surface area contributed by atoms with Crippen molar-refractivity contribution in [3.63, 3.8) is 0 Å². The number of benzene rings is 1. The molecule has 0 radical (unpaired) electrons. The van der Waals surface area contributed by atoms with Crippen molar-refractivity contribution in [2.45, 2.75) is 12.8 Å². The van der Waals surface area contributed by atoms with Gasteiger partial charge in [0.1, 0.15) is 0 Å². The maximum atomic E-state index is 5.43. The van der Waals surface area contributed by atoms with Gasteiger partial charge in [-0.05, 0) is 12.8 Å². The number of ether oxygens (including phenoxy) is 1. The van der Waals surface area contributed by atoms with Crippen LogP contribution in [0.2, 0.25) is 0 Å². The van der Waals surface area contributed by atoms with Gasteiger partial charge in [0.25, 0.3) is 0 Å². The second kappa shape index (κ2) is 11.1. The Morgan fingerprint density at radius 1 is 1.50 bits per heavy atom. The molecule has 14 heavy (non-hydrogen) atoms. The fourth-order valence-corrected chi connectivity index (χ4v) is 0.884. The molecule has 1 nitrogen and oxygen atoms in total. The summed E-state index contributed by atoms with van der Waals surface area (Å²) in [5.41, 5.74) is 0. The minimum absolute atomic E-state index is 0. The van der Waals surface area contributed by atoms with Crippen molar-refractivity contribution in [1.29, 1.82) is 0 Å². The van der Waals surface area contributed by atoms with Gasteiger partial charge in [0, 0.05) is 5.75 Å². The molecule has 0 heterocycles. The van der Waals surface area contributed by atoms with Gasteiger partial charge in [0.2, 0.25) is 0 Å². The average molecular weight is 265 g/mol. The summed E-state index contributed by atoms with van der Waals surface area (Å²) >= 11 is 0. The minimum atomic E-state index is 0. The summed E-state index contributed by atoms with van der Waals surface area (Å²) in [5.74, 6) is 0.890. The smallest absolute Gasteiger partial charge is 1.00 e. The van der Waals surface area contributed by atoms with Crippen molar-refractivity contribution in [2.75, 3.05) is 6.61 Å². The van der Waals surface area contributed by atoms with E-state index in [9.17, 15) is 0 Å². The Morgan fingerprint density at radius 3 is 2.86 bits per heavy atom. The van der Waals surface area contributed by atoms with E-state index in [-0.39, 0.29) is 40.0 Å². The van der Waals surface area contributed by atoms with E-state index in [4.69, 9.17) is 4.74 Å². The Kier molecular flexibility index (Phi) is 13.0. The molecule has 1 rings (SSSR count). The van der Waals surface area contributed by atoms with E-state index in [1.807, 2.05) is 30.3 Å². The van der Waals surface area contributed by atoms with Crippen LogP contribution in [0.5, 0.6) is 5.75 Å². The van der Waals surface area contributed by atoms with Crippen molar-refractivity contribution < 1.29 is 21.7 Å².